The van der Waals surface area contributed by atoms with Gasteiger partial charge in [-0.2, -0.15) is 0 Å². The van der Waals surface area contributed by atoms with Crippen molar-refractivity contribution in [2.24, 2.45) is 5.92 Å². The Morgan fingerprint density at radius 3 is 2.67 bits per heavy atom. The molecule has 3 N–H and O–H groups in total. The summed E-state index contributed by atoms with van der Waals surface area (Å²) in [6, 6.07) is -0.115. The number of carbonyl (C=O) groups excluding carboxylic acids is 1. The average Bonchev–Trinajstić information content (AvgIpc) is 3.44. The second kappa shape index (κ2) is 9.75. The van der Waals surface area contributed by atoms with Crippen LogP contribution < -0.4 is 5.32 Å². The number of nitrogens with zero attached hydrogens (tertiary/aromatic N) is 3. The van der Waals surface area contributed by atoms with E-state index in [-0.39, 0.29) is 36.7 Å². The quantitative estimate of drug-likeness (QED) is 0.623. The summed E-state index contributed by atoms with van der Waals surface area (Å²) in [6.07, 6.45) is 12.9. The normalized spacial score (nSPS) is 29.7. The van der Waals surface area contributed by atoms with Gasteiger partial charge in [-0.25, -0.2) is 0 Å². The summed E-state index contributed by atoms with van der Waals surface area (Å²) >= 11 is 0. The molecule has 1 aliphatic heterocycles. The van der Waals surface area contributed by atoms with E-state index in [1.165, 1.54) is 6.42 Å². The van der Waals surface area contributed by atoms with Crippen molar-refractivity contribution in [1.82, 2.24) is 20.3 Å². The van der Waals surface area contributed by atoms with E-state index in [1.54, 1.807) is 4.68 Å². The molecule has 8 heteroatoms. The highest BCUT2D eigenvalue weighted by atomic mass is 16.5. The maximum absolute atomic E-state index is 12.6. The lowest BCUT2D eigenvalue weighted by Gasteiger charge is -2.37. The van der Waals surface area contributed by atoms with Gasteiger partial charge in [0.15, 0.2) is 0 Å². The third-order valence-electron chi connectivity index (χ3n) is 7.23. The fraction of sp³-hybridized carbons (Fsp3) is 0.864. The molecule has 1 amide bonds. The van der Waals surface area contributed by atoms with E-state index in [2.05, 4.69) is 15.6 Å². The monoisotopic (exact) mass is 420 g/mol. The molecule has 3 atom stereocenters. The Balaban J connectivity index is 1.25. The number of hydrogen-bond acceptors (Lipinski definition) is 6. The van der Waals surface area contributed by atoms with Crippen molar-refractivity contribution in [2.75, 3.05) is 6.61 Å². The fourth-order valence-electron chi connectivity index (χ4n) is 5.29. The van der Waals surface area contributed by atoms with E-state index in [0.29, 0.717) is 12.2 Å². The first-order valence-electron chi connectivity index (χ1n) is 11.8. The molecule has 2 saturated carbocycles. The molecule has 8 nitrogen and oxygen atoms in total. The van der Waals surface area contributed by atoms with E-state index in [1.807, 2.05) is 6.20 Å². The molecule has 1 saturated heterocycles. The molecule has 3 fully saturated rings. The van der Waals surface area contributed by atoms with Gasteiger partial charge in [0, 0.05) is 12.5 Å². The molecule has 30 heavy (non-hydrogen) atoms. The smallest absolute Gasteiger partial charge is 0.223 e. The predicted molar refractivity (Wildman–Crippen MR) is 110 cm³/mol. The first-order chi connectivity index (χ1) is 14.6. The predicted octanol–water partition coefficient (Wildman–Crippen LogP) is 2.03. The van der Waals surface area contributed by atoms with Crippen molar-refractivity contribution in [3.05, 3.63) is 11.9 Å². The lowest BCUT2D eigenvalue weighted by Crippen LogP contribution is -2.52. The highest BCUT2D eigenvalue weighted by Gasteiger charge is 2.36. The first kappa shape index (κ1) is 21.7. The number of carbonyl (C=O) groups is 1. The minimum absolute atomic E-state index is 0.0206. The number of amides is 1. The van der Waals surface area contributed by atoms with Gasteiger partial charge in [-0.15, -0.1) is 5.10 Å². The number of rotatable bonds is 7. The van der Waals surface area contributed by atoms with Gasteiger partial charge in [0.2, 0.25) is 5.91 Å². The Hall–Kier alpha value is -1.51. The molecule has 0 bridgehead atoms. The van der Waals surface area contributed by atoms with Crippen LogP contribution in [0.15, 0.2) is 6.20 Å². The van der Waals surface area contributed by atoms with Crippen LogP contribution in [-0.2, 0) is 21.7 Å². The van der Waals surface area contributed by atoms with Crippen molar-refractivity contribution in [1.29, 1.82) is 0 Å². The van der Waals surface area contributed by atoms with E-state index < -0.39 is 5.60 Å². The lowest BCUT2D eigenvalue weighted by molar-refractivity contribution is -0.133. The van der Waals surface area contributed by atoms with Gasteiger partial charge in [-0.05, 0) is 44.9 Å². The summed E-state index contributed by atoms with van der Waals surface area (Å²) in [5.74, 6) is 0.243. The Kier molecular flexibility index (Phi) is 7.05. The molecule has 1 aromatic heterocycles. The molecule has 3 aliphatic rings. The second-order valence-corrected chi connectivity index (χ2v) is 9.40. The Morgan fingerprint density at radius 1 is 1.17 bits per heavy atom. The van der Waals surface area contributed by atoms with Crippen LogP contribution in [0.1, 0.15) is 82.7 Å². The number of hydrogen-bond donors (Lipinski definition) is 3. The summed E-state index contributed by atoms with van der Waals surface area (Å²) in [4.78, 5) is 12.6. The molecular formula is C22H36N4O4. The Bertz CT molecular complexity index is 697. The topological polar surface area (TPSA) is 110 Å². The SMILES string of the molecule is O=C(N[C@H]1CC[C@@H](CCn2cc(C3(O)CCCC3)nn2)O[C@@H]1CO)C1CCCCC1. The van der Waals surface area contributed by atoms with Crippen LogP contribution in [0.4, 0.5) is 0 Å². The molecule has 1 aromatic rings. The van der Waals surface area contributed by atoms with Crippen LogP contribution >= 0.6 is 0 Å². The number of aromatic nitrogens is 3. The minimum atomic E-state index is -0.814. The van der Waals surface area contributed by atoms with Crippen LogP contribution in [0.5, 0.6) is 0 Å². The third kappa shape index (κ3) is 5.03. The van der Waals surface area contributed by atoms with Gasteiger partial charge in [0.25, 0.3) is 0 Å². The van der Waals surface area contributed by atoms with Gasteiger partial charge in [-0.3, -0.25) is 9.48 Å². The summed E-state index contributed by atoms with van der Waals surface area (Å²) in [5, 5.41) is 32.0. The van der Waals surface area contributed by atoms with Gasteiger partial charge in [0.1, 0.15) is 17.4 Å². The van der Waals surface area contributed by atoms with E-state index in [0.717, 1.165) is 70.6 Å². The highest BCUT2D eigenvalue weighted by Crippen LogP contribution is 2.37. The van der Waals surface area contributed by atoms with Crippen LogP contribution in [0.3, 0.4) is 0 Å². The molecule has 0 aromatic carbocycles. The zero-order chi connectivity index (χ0) is 21.0. The maximum Gasteiger partial charge on any atom is 0.223 e. The summed E-state index contributed by atoms with van der Waals surface area (Å²) < 4.78 is 7.89. The molecule has 4 rings (SSSR count). The van der Waals surface area contributed by atoms with Crippen LogP contribution in [0.2, 0.25) is 0 Å². The number of ether oxygens (including phenoxy) is 1. The molecule has 0 unspecified atom stereocenters. The molecule has 2 heterocycles. The molecule has 0 radical (unpaired) electrons. The van der Waals surface area contributed by atoms with Crippen molar-refractivity contribution in [3.63, 3.8) is 0 Å². The van der Waals surface area contributed by atoms with Crippen LogP contribution in [0, 0.1) is 5.92 Å². The third-order valence-corrected chi connectivity index (χ3v) is 7.23. The number of aliphatic hydroxyl groups is 2. The molecule has 168 valence electrons. The van der Waals surface area contributed by atoms with Crippen molar-refractivity contribution in [2.45, 2.75) is 107 Å². The van der Waals surface area contributed by atoms with Gasteiger partial charge >= 0.3 is 0 Å². The zero-order valence-electron chi connectivity index (χ0n) is 17.8. The van der Waals surface area contributed by atoms with Gasteiger partial charge < -0.3 is 20.3 Å². The summed E-state index contributed by atoms with van der Waals surface area (Å²) in [5.41, 5.74) is -0.144. The van der Waals surface area contributed by atoms with Crippen molar-refractivity contribution >= 4 is 5.91 Å². The molecule has 2 aliphatic carbocycles. The average molecular weight is 421 g/mol. The van der Waals surface area contributed by atoms with Crippen molar-refractivity contribution < 1.29 is 19.7 Å². The number of nitrogens with one attached hydrogen (secondary N) is 1. The molecule has 0 spiro atoms. The Labute approximate surface area is 178 Å². The Morgan fingerprint density at radius 2 is 1.93 bits per heavy atom. The fourth-order valence-corrected chi connectivity index (χ4v) is 5.29. The largest absolute Gasteiger partial charge is 0.394 e. The van der Waals surface area contributed by atoms with Gasteiger partial charge in [-0.1, -0.05) is 37.3 Å². The summed E-state index contributed by atoms with van der Waals surface area (Å²) in [7, 11) is 0. The first-order valence-corrected chi connectivity index (χ1v) is 11.8. The number of aryl methyl sites for hydroxylation is 1. The van der Waals surface area contributed by atoms with Crippen molar-refractivity contribution in [3.8, 4) is 0 Å². The van der Waals surface area contributed by atoms with E-state index in [4.69, 9.17) is 4.74 Å². The standard InChI is InChI=1S/C22H36N4O4/c27-15-19-18(23-21(28)16-6-2-1-3-7-16)9-8-17(30-19)10-13-26-14-20(24-25-26)22(29)11-4-5-12-22/h14,16-19,27,29H,1-13,15H2,(H,23,28)/t17-,18-,19+/m0/s1. The number of aliphatic hydroxyl groups excluding tert-OH is 1. The summed E-state index contributed by atoms with van der Waals surface area (Å²) in [6.45, 7) is 0.567. The van der Waals surface area contributed by atoms with Crippen LogP contribution in [0.25, 0.3) is 0 Å². The second-order valence-electron chi connectivity index (χ2n) is 9.40. The van der Waals surface area contributed by atoms with E-state index >= 15 is 0 Å². The minimum Gasteiger partial charge on any atom is -0.394 e. The van der Waals surface area contributed by atoms with Gasteiger partial charge in [0.05, 0.1) is 24.9 Å². The van der Waals surface area contributed by atoms with Crippen LogP contribution in [-0.4, -0.2) is 56.0 Å². The highest BCUT2D eigenvalue weighted by molar-refractivity contribution is 5.79. The zero-order valence-corrected chi connectivity index (χ0v) is 17.8. The lowest BCUT2D eigenvalue weighted by atomic mass is 9.88. The van der Waals surface area contributed by atoms with E-state index in [9.17, 15) is 15.0 Å². The maximum atomic E-state index is 12.6. The molecular weight excluding hydrogens is 384 g/mol.